The molecule has 0 amide bonds. The van der Waals surface area contributed by atoms with E-state index in [-0.39, 0.29) is 16.3 Å². The van der Waals surface area contributed by atoms with E-state index < -0.39 is 46.4 Å². The largest absolute Gasteiger partial charge is 0.427 e. The summed E-state index contributed by atoms with van der Waals surface area (Å²) in [5.41, 5.74) is -10.1. The highest BCUT2D eigenvalue weighted by atomic mass is 35.5. The van der Waals surface area contributed by atoms with Crippen LogP contribution in [0.2, 0.25) is 5.02 Å². The number of fused-ring (bicyclic) bond motifs is 1. The van der Waals surface area contributed by atoms with Crippen molar-refractivity contribution in [3.05, 3.63) is 91.6 Å². The molecular formula is C20H11ClF6N4O2. The average Bonchev–Trinajstić information content (AvgIpc) is 2.72. The number of para-hydroxylation sites is 1. The summed E-state index contributed by atoms with van der Waals surface area (Å²) in [4.78, 5) is 29.6. The zero-order chi connectivity index (χ0) is 24.2. The van der Waals surface area contributed by atoms with E-state index in [0.717, 1.165) is 12.1 Å². The summed E-state index contributed by atoms with van der Waals surface area (Å²) in [7, 11) is 0. The minimum Gasteiger partial charge on any atom is -0.325 e. The summed E-state index contributed by atoms with van der Waals surface area (Å²) in [6.45, 7) is 0. The molecule has 0 bridgehead atoms. The molecule has 0 radical (unpaired) electrons. The van der Waals surface area contributed by atoms with Gasteiger partial charge in [0.05, 0.1) is 5.69 Å². The number of nitrogens with one attached hydrogen (secondary N) is 2. The van der Waals surface area contributed by atoms with Gasteiger partial charge in [0.2, 0.25) is 0 Å². The van der Waals surface area contributed by atoms with Crippen molar-refractivity contribution in [3.8, 4) is 5.69 Å². The van der Waals surface area contributed by atoms with E-state index in [1.54, 1.807) is 4.98 Å². The number of anilines is 1. The fourth-order valence-electron chi connectivity index (χ4n) is 3.49. The second-order valence-electron chi connectivity index (χ2n) is 6.95. The predicted octanol–water partition coefficient (Wildman–Crippen LogP) is 4.37. The first-order valence-corrected chi connectivity index (χ1v) is 9.46. The second-order valence-corrected chi connectivity index (χ2v) is 7.39. The summed E-state index contributed by atoms with van der Waals surface area (Å²) >= 11 is 5.77. The van der Waals surface area contributed by atoms with Crippen LogP contribution in [0, 0.1) is 0 Å². The molecule has 0 atom stereocenters. The Bertz CT molecular complexity index is 1350. The molecule has 6 nitrogen and oxygen atoms in total. The Morgan fingerprint density at radius 1 is 0.879 bits per heavy atom. The van der Waals surface area contributed by atoms with Crippen molar-refractivity contribution in [1.82, 2.24) is 9.55 Å². The molecule has 2 heterocycles. The van der Waals surface area contributed by atoms with Crippen LogP contribution in [0.15, 0.2) is 69.2 Å². The first-order chi connectivity index (χ1) is 15.4. The van der Waals surface area contributed by atoms with E-state index in [0.29, 0.717) is 4.57 Å². The molecule has 0 aliphatic carbocycles. The normalized spacial score (nSPS) is 15.4. The van der Waals surface area contributed by atoms with Gasteiger partial charge in [0.25, 0.3) is 11.1 Å². The highest BCUT2D eigenvalue weighted by molar-refractivity contribution is 6.30. The van der Waals surface area contributed by atoms with Crippen LogP contribution in [-0.2, 0) is 5.54 Å². The lowest BCUT2D eigenvalue weighted by Crippen LogP contribution is -2.59. The maximum Gasteiger partial charge on any atom is 0.427 e. The number of hydrogen-bond donors (Lipinski definition) is 2. The Labute approximate surface area is 185 Å². The molecule has 2 N–H and O–H groups in total. The van der Waals surface area contributed by atoms with E-state index >= 15 is 0 Å². The number of alkyl halides is 6. The van der Waals surface area contributed by atoms with E-state index in [4.69, 9.17) is 11.6 Å². The van der Waals surface area contributed by atoms with E-state index in [9.17, 15) is 35.9 Å². The van der Waals surface area contributed by atoms with E-state index in [2.05, 4.69) is 10.3 Å². The van der Waals surface area contributed by atoms with Gasteiger partial charge in [-0.15, -0.1) is 0 Å². The maximum atomic E-state index is 14.2. The highest BCUT2D eigenvalue weighted by Crippen LogP contribution is 2.55. The molecule has 1 aliphatic rings. The molecule has 0 saturated heterocycles. The molecule has 4 rings (SSSR count). The Kier molecular flexibility index (Phi) is 5.15. The fraction of sp³-hybridized carbons (Fsp3) is 0.150. The van der Waals surface area contributed by atoms with Gasteiger partial charge in [0, 0.05) is 10.6 Å². The zero-order valence-electron chi connectivity index (χ0n) is 16.1. The Morgan fingerprint density at radius 2 is 1.45 bits per heavy atom. The van der Waals surface area contributed by atoms with Gasteiger partial charge in [0.15, 0.2) is 0 Å². The van der Waals surface area contributed by atoms with Crippen molar-refractivity contribution in [2.45, 2.75) is 17.9 Å². The predicted molar refractivity (Wildman–Crippen MR) is 108 cm³/mol. The van der Waals surface area contributed by atoms with E-state index in [1.807, 2.05) is 0 Å². The van der Waals surface area contributed by atoms with Crippen LogP contribution in [0.25, 0.3) is 5.69 Å². The third-order valence-electron chi connectivity index (χ3n) is 4.94. The molecule has 0 fully saturated rings. The topological polar surface area (TPSA) is 79.2 Å². The van der Waals surface area contributed by atoms with Crippen LogP contribution in [0.3, 0.4) is 0 Å². The Balaban J connectivity index is 2.18. The summed E-state index contributed by atoms with van der Waals surface area (Å²) in [5.74, 6) is -1.87. The summed E-state index contributed by atoms with van der Waals surface area (Å²) in [5, 5.41) is 2.50. The number of rotatable bonds is 2. The van der Waals surface area contributed by atoms with E-state index in [1.165, 1.54) is 42.5 Å². The molecule has 0 unspecified atom stereocenters. The van der Waals surface area contributed by atoms with Gasteiger partial charge in [-0.3, -0.25) is 9.78 Å². The molecule has 13 heteroatoms. The van der Waals surface area contributed by atoms with Gasteiger partial charge in [-0.25, -0.2) is 14.4 Å². The number of benzene rings is 2. The van der Waals surface area contributed by atoms with Crippen LogP contribution in [0.5, 0.6) is 0 Å². The molecule has 3 aromatic rings. The number of amidine groups is 1. The molecule has 2 aromatic carbocycles. The number of hydrogen-bond acceptors (Lipinski definition) is 4. The lowest BCUT2D eigenvalue weighted by Gasteiger charge is -2.38. The smallest absolute Gasteiger partial charge is 0.325 e. The highest BCUT2D eigenvalue weighted by Gasteiger charge is 2.75. The molecule has 0 saturated carbocycles. The van der Waals surface area contributed by atoms with Gasteiger partial charge < -0.3 is 5.32 Å². The van der Waals surface area contributed by atoms with Crippen LogP contribution in [0.1, 0.15) is 11.1 Å². The molecule has 172 valence electrons. The van der Waals surface area contributed by atoms with Crippen LogP contribution in [0.4, 0.5) is 32.2 Å². The lowest BCUT2D eigenvalue weighted by atomic mass is 9.87. The molecule has 33 heavy (non-hydrogen) atoms. The van der Waals surface area contributed by atoms with Gasteiger partial charge >= 0.3 is 18.0 Å². The first-order valence-electron chi connectivity index (χ1n) is 9.08. The third-order valence-corrected chi connectivity index (χ3v) is 5.19. The first kappa shape index (κ1) is 22.6. The SMILES string of the molecule is O=c1[nH]c(=O)n(-c2ccccc2)c2c1C(C(F)(F)F)(C(F)(F)F)N=C(c1ccc(Cl)cc1)N2. The summed E-state index contributed by atoms with van der Waals surface area (Å²) < 4.78 is 85.9. The number of aliphatic imine (C=N–C) groups is 1. The minimum absolute atomic E-state index is 0.0851. The Morgan fingerprint density at radius 3 is 2.00 bits per heavy atom. The molecular weight excluding hydrogens is 478 g/mol. The quantitative estimate of drug-likeness (QED) is 0.526. The summed E-state index contributed by atoms with van der Waals surface area (Å²) in [6, 6.07) is 11.7. The molecule has 1 aliphatic heterocycles. The van der Waals surface area contributed by atoms with Crippen LogP contribution >= 0.6 is 11.6 Å². The van der Waals surface area contributed by atoms with Crippen LogP contribution < -0.4 is 16.6 Å². The van der Waals surface area contributed by atoms with Gasteiger partial charge in [-0.05, 0) is 36.4 Å². The van der Waals surface area contributed by atoms with Gasteiger partial charge in [-0.1, -0.05) is 29.8 Å². The molecule has 0 spiro atoms. The fourth-order valence-corrected chi connectivity index (χ4v) is 3.62. The Hall–Kier alpha value is -3.54. The maximum absolute atomic E-state index is 14.2. The molecule has 1 aromatic heterocycles. The number of nitrogens with zero attached hydrogens (tertiary/aromatic N) is 2. The monoisotopic (exact) mass is 488 g/mol. The number of halogens is 7. The summed E-state index contributed by atoms with van der Waals surface area (Å²) in [6.07, 6.45) is -12.2. The van der Waals surface area contributed by atoms with Crippen molar-refractivity contribution in [2.75, 3.05) is 5.32 Å². The zero-order valence-corrected chi connectivity index (χ0v) is 16.8. The standard InChI is InChI=1S/C20H11ClF6N4O2/c21-11-8-6-10(7-9-11)14-28-15-13(18(30-14,19(22,23)24)20(25,26)27)16(32)29-17(33)31(15)12-4-2-1-3-5-12/h1-9H,(H,28,30)(H,29,32,33). The van der Waals surface area contributed by atoms with Gasteiger partial charge in [-0.2, -0.15) is 26.3 Å². The van der Waals surface area contributed by atoms with Crippen molar-refractivity contribution in [3.63, 3.8) is 0 Å². The number of aromatic nitrogens is 2. The average molecular weight is 489 g/mol. The van der Waals surface area contributed by atoms with Crippen molar-refractivity contribution in [1.29, 1.82) is 0 Å². The van der Waals surface area contributed by atoms with Crippen LogP contribution in [-0.4, -0.2) is 27.7 Å². The lowest BCUT2D eigenvalue weighted by molar-refractivity contribution is -0.301. The van der Waals surface area contributed by atoms with Crippen molar-refractivity contribution >= 4 is 23.3 Å². The third kappa shape index (κ3) is 3.50. The number of aromatic amines is 1. The second kappa shape index (κ2) is 7.51. The van der Waals surface area contributed by atoms with Gasteiger partial charge in [0.1, 0.15) is 17.2 Å². The van der Waals surface area contributed by atoms with Crippen molar-refractivity contribution < 1.29 is 26.3 Å². The van der Waals surface area contributed by atoms with Crippen molar-refractivity contribution in [2.24, 2.45) is 4.99 Å². The number of H-pyrrole nitrogens is 1. The minimum atomic E-state index is -6.09.